The van der Waals surface area contributed by atoms with Crippen LogP contribution >= 0.6 is 0 Å². The number of rotatable bonds is 6. The second-order valence-corrected chi connectivity index (χ2v) is 6.36. The molecule has 0 bridgehead atoms. The van der Waals surface area contributed by atoms with Crippen LogP contribution in [0.5, 0.6) is 11.5 Å². The first kappa shape index (κ1) is 18.8. The summed E-state index contributed by atoms with van der Waals surface area (Å²) in [5, 5.41) is 0. The molecule has 3 rings (SSSR count). The van der Waals surface area contributed by atoms with Crippen LogP contribution in [0.4, 0.5) is 0 Å². The molecule has 2 aromatic carbocycles. The highest BCUT2D eigenvalue weighted by atomic mass is 16.5. The summed E-state index contributed by atoms with van der Waals surface area (Å²) in [7, 11) is 2.91. The molecule has 2 atom stereocenters. The van der Waals surface area contributed by atoms with Gasteiger partial charge in [0.25, 0.3) is 0 Å². The van der Waals surface area contributed by atoms with Crippen LogP contribution in [0.1, 0.15) is 24.1 Å². The molecule has 1 unspecified atom stereocenters. The first-order valence-electron chi connectivity index (χ1n) is 8.77. The number of esters is 1. The van der Waals surface area contributed by atoms with Gasteiger partial charge < -0.3 is 19.1 Å². The molecule has 0 fully saturated rings. The highest BCUT2D eigenvalue weighted by Crippen LogP contribution is 2.43. The average Bonchev–Trinajstić information content (AvgIpc) is 3.11. The number of carbonyl (C=O) groups excluding carboxylic acids is 2. The van der Waals surface area contributed by atoms with Gasteiger partial charge in [-0.05, 0) is 11.6 Å². The molecule has 0 N–H and O–H groups in total. The van der Waals surface area contributed by atoms with E-state index in [0.717, 1.165) is 11.1 Å². The summed E-state index contributed by atoms with van der Waals surface area (Å²) in [5.41, 5.74) is 1.77. The summed E-state index contributed by atoms with van der Waals surface area (Å²) < 4.78 is 16.2. The van der Waals surface area contributed by atoms with Crippen LogP contribution in [0.25, 0.3) is 0 Å². The molecule has 6 nitrogen and oxygen atoms in total. The Kier molecular flexibility index (Phi) is 5.64. The number of hydrogen-bond donors (Lipinski definition) is 0. The quantitative estimate of drug-likeness (QED) is 0.733. The number of benzene rings is 2. The first-order valence-corrected chi connectivity index (χ1v) is 8.77. The van der Waals surface area contributed by atoms with Crippen molar-refractivity contribution in [2.45, 2.75) is 25.4 Å². The molecule has 1 aliphatic rings. The number of ether oxygens (including phenoxy) is 3. The van der Waals surface area contributed by atoms with Crippen LogP contribution in [0.15, 0.2) is 48.5 Å². The zero-order valence-electron chi connectivity index (χ0n) is 15.7. The molecule has 1 amide bonds. The number of para-hydroxylation sites is 1. The Labute approximate surface area is 158 Å². The molecular formula is C21H23NO5. The lowest BCUT2D eigenvalue weighted by Crippen LogP contribution is -2.48. The largest absolute Gasteiger partial charge is 0.493 e. The van der Waals surface area contributed by atoms with E-state index in [-0.39, 0.29) is 18.6 Å². The summed E-state index contributed by atoms with van der Waals surface area (Å²) in [6, 6.07) is 14.0. The summed E-state index contributed by atoms with van der Waals surface area (Å²) >= 11 is 0. The Morgan fingerprint density at radius 2 is 1.89 bits per heavy atom. The molecule has 0 spiro atoms. The Balaban J connectivity index is 1.99. The normalized spacial score (nSPS) is 16.0. The van der Waals surface area contributed by atoms with Crippen molar-refractivity contribution in [1.82, 2.24) is 4.90 Å². The minimum Gasteiger partial charge on any atom is -0.493 e. The topological polar surface area (TPSA) is 65.1 Å². The first-order chi connectivity index (χ1) is 13.1. The van der Waals surface area contributed by atoms with Gasteiger partial charge in [-0.2, -0.15) is 0 Å². The molecule has 0 radical (unpaired) electrons. The van der Waals surface area contributed by atoms with Gasteiger partial charge in [0.2, 0.25) is 5.91 Å². The molecule has 1 heterocycles. The molecule has 0 aromatic heterocycles. The molecule has 0 saturated carbocycles. The van der Waals surface area contributed by atoms with E-state index in [1.165, 1.54) is 14.0 Å². The third-order valence-electron chi connectivity index (χ3n) is 4.75. The highest BCUT2D eigenvalue weighted by Gasteiger charge is 2.40. The van der Waals surface area contributed by atoms with Gasteiger partial charge >= 0.3 is 5.97 Å². The lowest BCUT2D eigenvalue weighted by atomic mass is 9.99. The van der Waals surface area contributed by atoms with Crippen LogP contribution in [0, 0.1) is 0 Å². The monoisotopic (exact) mass is 369 g/mol. The van der Waals surface area contributed by atoms with E-state index in [1.807, 2.05) is 42.5 Å². The van der Waals surface area contributed by atoms with Crippen LogP contribution in [-0.4, -0.2) is 43.6 Å². The van der Waals surface area contributed by atoms with Crippen molar-refractivity contribution in [1.29, 1.82) is 0 Å². The van der Waals surface area contributed by atoms with Gasteiger partial charge in [0.15, 0.2) is 11.5 Å². The van der Waals surface area contributed by atoms with Crippen LogP contribution < -0.4 is 9.47 Å². The van der Waals surface area contributed by atoms with E-state index >= 15 is 0 Å². The predicted octanol–water partition coefficient (Wildman–Crippen LogP) is 2.76. The Hall–Kier alpha value is -3.02. The highest BCUT2D eigenvalue weighted by molar-refractivity contribution is 5.84. The van der Waals surface area contributed by atoms with E-state index in [0.29, 0.717) is 17.9 Å². The van der Waals surface area contributed by atoms with Crippen molar-refractivity contribution in [2.75, 3.05) is 20.8 Å². The van der Waals surface area contributed by atoms with Crippen molar-refractivity contribution in [3.05, 3.63) is 59.7 Å². The number of carbonyl (C=O) groups is 2. The number of nitrogens with zero attached hydrogens (tertiary/aromatic N) is 1. The van der Waals surface area contributed by atoms with E-state index in [9.17, 15) is 9.59 Å². The molecule has 1 aliphatic heterocycles. The fourth-order valence-electron chi connectivity index (χ4n) is 3.52. The predicted molar refractivity (Wildman–Crippen MR) is 99.7 cm³/mol. The zero-order chi connectivity index (χ0) is 19.4. The smallest absolute Gasteiger partial charge is 0.328 e. The van der Waals surface area contributed by atoms with Crippen LogP contribution in [-0.2, 0) is 20.7 Å². The Morgan fingerprint density at radius 3 is 2.52 bits per heavy atom. The Bertz CT molecular complexity index is 821. The van der Waals surface area contributed by atoms with Gasteiger partial charge in [0, 0.05) is 18.9 Å². The van der Waals surface area contributed by atoms with Crippen molar-refractivity contribution in [3.8, 4) is 11.5 Å². The van der Waals surface area contributed by atoms with Gasteiger partial charge in [0.1, 0.15) is 12.6 Å². The number of fused-ring (bicyclic) bond motifs is 1. The fourth-order valence-corrected chi connectivity index (χ4v) is 3.52. The molecule has 142 valence electrons. The van der Waals surface area contributed by atoms with E-state index in [2.05, 4.69) is 0 Å². The molecule has 6 heteroatoms. The summed E-state index contributed by atoms with van der Waals surface area (Å²) in [6.07, 6.45) is 0.364. The zero-order valence-corrected chi connectivity index (χ0v) is 15.7. The standard InChI is InChI=1S/C21H23NO5/c1-14(23)22(17(21(24)26-3)12-15-8-5-4-6-9-15)18-13-27-20-16(18)10-7-11-19(20)25-2/h4-11,17-18H,12-13H2,1-3H3/t17-,18?/m0/s1. The van der Waals surface area contributed by atoms with E-state index < -0.39 is 12.0 Å². The van der Waals surface area contributed by atoms with E-state index in [4.69, 9.17) is 14.2 Å². The number of amides is 1. The maximum Gasteiger partial charge on any atom is 0.328 e. The summed E-state index contributed by atoms with van der Waals surface area (Å²) in [6.45, 7) is 1.72. The lowest BCUT2D eigenvalue weighted by Gasteiger charge is -2.33. The maximum absolute atomic E-state index is 12.6. The third-order valence-corrected chi connectivity index (χ3v) is 4.75. The SMILES string of the molecule is COC(=O)[C@H](Cc1ccccc1)N(C(C)=O)C1COc2c(OC)cccc21. The van der Waals surface area contributed by atoms with Crippen molar-refractivity contribution in [3.63, 3.8) is 0 Å². The summed E-state index contributed by atoms with van der Waals surface area (Å²) in [4.78, 5) is 26.7. The Morgan fingerprint density at radius 1 is 1.15 bits per heavy atom. The van der Waals surface area contributed by atoms with Gasteiger partial charge in [-0.3, -0.25) is 4.79 Å². The second-order valence-electron chi connectivity index (χ2n) is 6.36. The maximum atomic E-state index is 12.6. The number of methoxy groups -OCH3 is 2. The van der Waals surface area contributed by atoms with Gasteiger partial charge in [-0.1, -0.05) is 42.5 Å². The summed E-state index contributed by atoms with van der Waals surface area (Å²) in [5.74, 6) is 0.548. The molecular weight excluding hydrogens is 346 g/mol. The minimum atomic E-state index is -0.749. The van der Waals surface area contributed by atoms with Gasteiger partial charge in [0.05, 0.1) is 20.3 Å². The molecule has 0 aliphatic carbocycles. The van der Waals surface area contributed by atoms with Crippen molar-refractivity contribution < 1.29 is 23.8 Å². The van der Waals surface area contributed by atoms with Crippen molar-refractivity contribution in [2.24, 2.45) is 0 Å². The van der Waals surface area contributed by atoms with Gasteiger partial charge in [-0.25, -0.2) is 4.79 Å². The van der Waals surface area contributed by atoms with E-state index in [1.54, 1.807) is 18.1 Å². The van der Waals surface area contributed by atoms with Crippen LogP contribution in [0.3, 0.4) is 0 Å². The van der Waals surface area contributed by atoms with Gasteiger partial charge in [-0.15, -0.1) is 0 Å². The van der Waals surface area contributed by atoms with Crippen molar-refractivity contribution >= 4 is 11.9 Å². The molecule has 2 aromatic rings. The average molecular weight is 369 g/mol. The number of hydrogen-bond acceptors (Lipinski definition) is 5. The molecule has 0 saturated heterocycles. The lowest BCUT2D eigenvalue weighted by molar-refractivity contribution is -0.154. The molecule has 27 heavy (non-hydrogen) atoms. The minimum absolute atomic E-state index is 0.217. The third kappa shape index (κ3) is 3.74. The second kappa shape index (κ2) is 8.12. The fraction of sp³-hybridized carbons (Fsp3) is 0.333. The van der Waals surface area contributed by atoms with Crippen LogP contribution in [0.2, 0.25) is 0 Å².